The van der Waals surface area contributed by atoms with E-state index in [1.165, 1.54) is 12.1 Å². The molecule has 1 heterocycles. The molecule has 0 unspecified atom stereocenters. The molecular formula is C22H25F3N2O2. The highest BCUT2D eigenvalue weighted by atomic mass is 19.4. The number of rotatable bonds is 6. The lowest BCUT2D eigenvalue weighted by atomic mass is 10.1. The first kappa shape index (κ1) is 21.2. The van der Waals surface area contributed by atoms with E-state index in [0.717, 1.165) is 36.5 Å². The van der Waals surface area contributed by atoms with Crippen LogP contribution in [0.2, 0.25) is 0 Å². The second-order valence-electron chi connectivity index (χ2n) is 7.17. The van der Waals surface area contributed by atoms with Gasteiger partial charge < -0.3 is 14.5 Å². The van der Waals surface area contributed by atoms with Crippen LogP contribution in [0.4, 0.5) is 18.9 Å². The number of alkyl halides is 3. The number of hydrogen-bond donors (Lipinski definition) is 0. The number of ether oxygens (including phenoxy) is 1. The van der Waals surface area contributed by atoms with E-state index in [-0.39, 0.29) is 12.3 Å². The van der Waals surface area contributed by atoms with Crippen molar-refractivity contribution in [2.45, 2.75) is 25.6 Å². The van der Waals surface area contributed by atoms with Crippen LogP contribution in [-0.2, 0) is 28.7 Å². The molecule has 3 rings (SSSR count). The molecule has 0 N–H and O–H groups in total. The van der Waals surface area contributed by atoms with Crippen LogP contribution in [0.3, 0.4) is 0 Å². The Bertz CT molecular complexity index is 816. The molecular weight excluding hydrogens is 381 g/mol. The minimum absolute atomic E-state index is 0.0401. The minimum atomic E-state index is -4.34. The van der Waals surface area contributed by atoms with Gasteiger partial charge in [-0.1, -0.05) is 30.3 Å². The molecule has 156 valence electrons. The summed E-state index contributed by atoms with van der Waals surface area (Å²) in [6.07, 6.45) is -3.68. The van der Waals surface area contributed by atoms with Crippen molar-refractivity contribution in [2.24, 2.45) is 0 Å². The van der Waals surface area contributed by atoms with Crippen molar-refractivity contribution >= 4 is 11.6 Å². The lowest BCUT2D eigenvalue weighted by Crippen LogP contribution is -2.37. The maximum atomic E-state index is 12.6. The molecule has 0 aromatic heterocycles. The molecule has 2 aromatic carbocycles. The van der Waals surface area contributed by atoms with Crippen LogP contribution in [0.25, 0.3) is 0 Å². The van der Waals surface area contributed by atoms with Crippen molar-refractivity contribution in [1.82, 2.24) is 4.90 Å². The molecule has 2 aromatic rings. The van der Waals surface area contributed by atoms with Crippen LogP contribution in [0.5, 0.6) is 0 Å². The van der Waals surface area contributed by atoms with Crippen molar-refractivity contribution in [2.75, 3.05) is 38.3 Å². The molecule has 1 amide bonds. The molecule has 1 fully saturated rings. The topological polar surface area (TPSA) is 32.8 Å². The Labute approximate surface area is 168 Å². The van der Waals surface area contributed by atoms with Gasteiger partial charge in [-0.15, -0.1) is 0 Å². The van der Waals surface area contributed by atoms with E-state index in [1.807, 2.05) is 18.2 Å². The standard InChI is InChI=1S/C22H25F3N2O2/c1-26(16-18-4-2-3-5-20(18)27-12-14-29-15-13-27)21(28)11-8-17-6-9-19(10-7-17)22(23,24)25/h2-7,9-10H,8,11-16H2,1H3. The summed E-state index contributed by atoms with van der Waals surface area (Å²) in [5, 5.41) is 0. The van der Waals surface area contributed by atoms with E-state index in [2.05, 4.69) is 11.0 Å². The van der Waals surface area contributed by atoms with E-state index in [4.69, 9.17) is 4.74 Å². The second-order valence-corrected chi connectivity index (χ2v) is 7.17. The number of aryl methyl sites for hydroxylation is 1. The number of anilines is 1. The number of amides is 1. The van der Waals surface area contributed by atoms with E-state index in [9.17, 15) is 18.0 Å². The SMILES string of the molecule is CN(Cc1ccccc1N1CCOCC1)C(=O)CCc1ccc(C(F)(F)F)cc1. The van der Waals surface area contributed by atoms with Gasteiger partial charge >= 0.3 is 6.18 Å². The van der Waals surface area contributed by atoms with Crippen molar-refractivity contribution in [3.63, 3.8) is 0 Å². The van der Waals surface area contributed by atoms with Crippen molar-refractivity contribution < 1.29 is 22.7 Å². The molecule has 1 aliphatic rings. The van der Waals surface area contributed by atoms with Crippen LogP contribution in [0.15, 0.2) is 48.5 Å². The summed E-state index contributed by atoms with van der Waals surface area (Å²) in [7, 11) is 1.76. The zero-order valence-electron chi connectivity index (χ0n) is 16.4. The lowest BCUT2D eigenvalue weighted by Gasteiger charge is -2.31. The van der Waals surface area contributed by atoms with E-state index in [0.29, 0.717) is 31.7 Å². The Morgan fingerprint density at radius 3 is 2.38 bits per heavy atom. The Hall–Kier alpha value is -2.54. The van der Waals surface area contributed by atoms with Gasteiger partial charge in [-0.3, -0.25) is 4.79 Å². The zero-order chi connectivity index (χ0) is 20.9. The third-order valence-corrected chi connectivity index (χ3v) is 5.09. The fourth-order valence-corrected chi connectivity index (χ4v) is 3.40. The first-order chi connectivity index (χ1) is 13.8. The summed E-state index contributed by atoms with van der Waals surface area (Å²) in [5.41, 5.74) is 2.22. The van der Waals surface area contributed by atoms with Crippen LogP contribution in [0, 0.1) is 0 Å². The van der Waals surface area contributed by atoms with Crippen LogP contribution in [-0.4, -0.2) is 44.2 Å². The number of hydrogen-bond acceptors (Lipinski definition) is 3. The molecule has 4 nitrogen and oxygen atoms in total. The molecule has 1 saturated heterocycles. The fraction of sp³-hybridized carbons (Fsp3) is 0.409. The third kappa shape index (κ3) is 5.73. The molecule has 0 atom stereocenters. The van der Waals surface area contributed by atoms with Gasteiger partial charge in [-0.25, -0.2) is 0 Å². The number of benzene rings is 2. The number of para-hydroxylation sites is 1. The van der Waals surface area contributed by atoms with Crippen LogP contribution < -0.4 is 4.90 Å². The summed E-state index contributed by atoms with van der Waals surface area (Å²) in [5.74, 6) is -0.0401. The smallest absolute Gasteiger partial charge is 0.378 e. The molecule has 7 heteroatoms. The minimum Gasteiger partial charge on any atom is -0.378 e. The Balaban J connectivity index is 1.57. The molecule has 0 radical (unpaired) electrons. The Morgan fingerprint density at radius 2 is 1.72 bits per heavy atom. The van der Waals surface area contributed by atoms with Gasteiger partial charge in [0.25, 0.3) is 0 Å². The number of nitrogens with zero attached hydrogens (tertiary/aromatic N) is 2. The van der Waals surface area contributed by atoms with Gasteiger partial charge in [-0.05, 0) is 35.7 Å². The van der Waals surface area contributed by atoms with Crippen LogP contribution >= 0.6 is 0 Å². The summed E-state index contributed by atoms with van der Waals surface area (Å²) < 4.78 is 43.3. The summed E-state index contributed by atoms with van der Waals surface area (Å²) in [6, 6.07) is 13.0. The number of carbonyl (C=O) groups excluding carboxylic acids is 1. The normalized spacial score (nSPS) is 14.7. The summed E-state index contributed by atoms with van der Waals surface area (Å²) >= 11 is 0. The molecule has 29 heavy (non-hydrogen) atoms. The molecule has 0 aliphatic carbocycles. The molecule has 0 spiro atoms. The largest absolute Gasteiger partial charge is 0.416 e. The summed E-state index contributed by atoms with van der Waals surface area (Å²) in [6.45, 7) is 3.51. The average molecular weight is 406 g/mol. The Kier molecular flexibility index (Phi) is 6.79. The van der Waals surface area contributed by atoms with Crippen LogP contribution in [0.1, 0.15) is 23.1 Å². The van der Waals surface area contributed by atoms with Crippen molar-refractivity contribution in [3.05, 3.63) is 65.2 Å². The Morgan fingerprint density at radius 1 is 1.07 bits per heavy atom. The van der Waals surface area contributed by atoms with E-state index in [1.54, 1.807) is 11.9 Å². The zero-order valence-corrected chi connectivity index (χ0v) is 16.4. The van der Waals surface area contributed by atoms with Gasteiger partial charge in [0.2, 0.25) is 5.91 Å². The average Bonchev–Trinajstić information content (AvgIpc) is 2.72. The molecule has 1 aliphatic heterocycles. The van der Waals surface area contributed by atoms with Gasteiger partial charge in [0, 0.05) is 38.8 Å². The maximum Gasteiger partial charge on any atom is 0.416 e. The first-order valence-electron chi connectivity index (χ1n) is 9.65. The number of halogens is 3. The van der Waals surface area contributed by atoms with Crippen molar-refractivity contribution in [1.29, 1.82) is 0 Å². The number of carbonyl (C=O) groups is 1. The maximum absolute atomic E-state index is 12.6. The first-order valence-corrected chi connectivity index (χ1v) is 9.65. The monoisotopic (exact) mass is 406 g/mol. The highest BCUT2D eigenvalue weighted by Gasteiger charge is 2.29. The summed E-state index contributed by atoms with van der Waals surface area (Å²) in [4.78, 5) is 16.5. The van der Waals surface area contributed by atoms with Gasteiger partial charge in [0.15, 0.2) is 0 Å². The second kappa shape index (κ2) is 9.31. The predicted octanol–water partition coefficient (Wildman–Crippen LogP) is 4.13. The fourth-order valence-electron chi connectivity index (χ4n) is 3.40. The highest BCUT2D eigenvalue weighted by Crippen LogP contribution is 2.29. The van der Waals surface area contributed by atoms with E-state index < -0.39 is 11.7 Å². The molecule has 0 bridgehead atoms. The van der Waals surface area contributed by atoms with Gasteiger partial charge in [0.05, 0.1) is 18.8 Å². The predicted molar refractivity (Wildman–Crippen MR) is 106 cm³/mol. The quantitative estimate of drug-likeness (QED) is 0.723. The van der Waals surface area contributed by atoms with Gasteiger partial charge in [-0.2, -0.15) is 13.2 Å². The van der Waals surface area contributed by atoms with Crippen molar-refractivity contribution in [3.8, 4) is 0 Å². The highest BCUT2D eigenvalue weighted by molar-refractivity contribution is 5.76. The molecule has 0 saturated carbocycles. The third-order valence-electron chi connectivity index (χ3n) is 5.09. The van der Waals surface area contributed by atoms with E-state index >= 15 is 0 Å². The lowest BCUT2D eigenvalue weighted by molar-refractivity contribution is -0.137. The number of morpholine rings is 1. The van der Waals surface area contributed by atoms with Gasteiger partial charge in [0.1, 0.15) is 0 Å².